The summed E-state index contributed by atoms with van der Waals surface area (Å²) in [5, 5.41) is 15.8. The van der Waals surface area contributed by atoms with Crippen LogP contribution >= 0.6 is 11.3 Å². The number of allylic oxidation sites excluding steroid dienone is 2. The molecule has 1 heterocycles. The number of hydrogen-bond donors (Lipinski definition) is 2. The van der Waals surface area contributed by atoms with E-state index in [-0.39, 0.29) is 5.91 Å². The molecule has 1 aliphatic carbocycles. The van der Waals surface area contributed by atoms with E-state index in [0.29, 0.717) is 17.6 Å². The summed E-state index contributed by atoms with van der Waals surface area (Å²) in [6.45, 7) is 2.27. The van der Waals surface area contributed by atoms with Crippen molar-refractivity contribution in [1.82, 2.24) is 10.2 Å². The first-order chi connectivity index (χ1) is 14.8. The first-order valence-electron chi connectivity index (χ1n) is 12.3. The summed E-state index contributed by atoms with van der Waals surface area (Å²) in [4.78, 5) is 12.0. The van der Waals surface area contributed by atoms with Gasteiger partial charge in [0.15, 0.2) is 0 Å². The molecule has 0 aromatic carbocycles. The zero-order valence-electron chi connectivity index (χ0n) is 19.0. The Morgan fingerprint density at radius 1 is 0.900 bits per heavy atom. The average Bonchev–Trinajstić information content (AvgIpc) is 3.14. The molecule has 30 heavy (non-hydrogen) atoms. The maximum atomic E-state index is 12.0. The fraction of sp³-hybridized carbons (Fsp3) is 0.792. The van der Waals surface area contributed by atoms with Crippen molar-refractivity contribution < 1.29 is 4.79 Å². The second-order valence-electron chi connectivity index (χ2n) is 8.57. The van der Waals surface area contributed by atoms with Crippen molar-refractivity contribution in [3.8, 4) is 0 Å². The standard InChI is InChI=1S/C24H42N4OS/c1-2-3-4-5-6-7-8-9-10-11-12-13-14-15-16-20-22(29)26-24-28-27-23(30-24)25-21-18-17-19-21/h9-10,21H,2-8,11-20H2,1H3,(H,25,27)(H,26,28,29)/b10-9+. The van der Waals surface area contributed by atoms with Gasteiger partial charge in [0.1, 0.15) is 0 Å². The smallest absolute Gasteiger partial charge is 0.226 e. The third-order valence-corrected chi connectivity index (χ3v) is 6.54. The molecular weight excluding hydrogens is 392 g/mol. The van der Waals surface area contributed by atoms with E-state index < -0.39 is 0 Å². The van der Waals surface area contributed by atoms with E-state index in [0.717, 1.165) is 18.0 Å². The molecule has 1 aromatic heterocycles. The van der Waals surface area contributed by atoms with Crippen LogP contribution in [0.5, 0.6) is 0 Å². The molecular formula is C24H42N4OS. The van der Waals surface area contributed by atoms with Gasteiger partial charge in [-0.15, -0.1) is 10.2 Å². The van der Waals surface area contributed by atoms with E-state index in [2.05, 4.69) is 39.9 Å². The van der Waals surface area contributed by atoms with Gasteiger partial charge in [-0.2, -0.15) is 0 Å². The third kappa shape index (κ3) is 11.7. The fourth-order valence-electron chi connectivity index (χ4n) is 3.60. The van der Waals surface area contributed by atoms with Crippen molar-refractivity contribution >= 4 is 27.5 Å². The number of amides is 1. The Hall–Kier alpha value is -1.43. The van der Waals surface area contributed by atoms with Crippen LogP contribution in [0.4, 0.5) is 10.3 Å². The zero-order valence-corrected chi connectivity index (χ0v) is 19.8. The Kier molecular flexibility index (Phi) is 13.5. The van der Waals surface area contributed by atoms with Gasteiger partial charge < -0.3 is 10.6 Å². The van der Waals surface area contributed by atoms with Crippen LogP contribution in [0, 0.1) is 0 Å². The quantitative estimate of drug-likeness (QED) is 0.186. The molecule has 0 aliphatic heterocycles. The minimum atomic E-state index is 0.0546. The lowest BCUT2D eigenvalue weighted by Gasteiger charge is -2.25. The van der Waals surface area contributed by atoms with Gasteiger partial charge in [-0.1, -0.05) is 81.8 Å². The second-order valence-corrected chi connectivity index (χ2v) is 9.54. The van der Waals surface area contributed by atoms with Gasteiger partial charge in [0.05, 0.1) is 0 Å². The predicted octanol–water partition coefficient (Wildman–Crippen LogP) is 7.48. The second kappa shape index (κ2) is 16.3. The molecule has 2 N–H and O–H groups in total. The maximum Gasteiger partial charge on any atom is 0.226 e. The summed E-state index contributed by atoms with van der Waals surface area (Å²) in [6, 6.07) is 0.539. The Morgan fingerprint density at radius 3 is 2.13 bits per heavy atom. The van der Waals surface area contributed by atoms with E-state index in [9.17, 15) is 4.79 Å². The SMILES string of the molecule is CCCCCCCC/C=C/CCCCCCCC(=O)Nc1nnc(NC2CCC2)s1. The highest BCUT2D eigenvalue weighted by Gasteiger charge is 2.18. The zero-order chi connectivity index (χ0) is 21.3. The van der Waals surface area contributed by atoms with Crippen molar-refractivity contribution in [2.24, 2.45) is 0 Å². The normalized spacial score (nSPS) is 14.2. The first-order valence-corrected chi connectivity index (χ1v) is 13.1. The highest BCUT2D eigenvalue weighted by atomic mass is 32.1. The molecule has 6 heteroatoms. The van der Waals surface area contributed by atoms with Crippen molar-refractivity contribution in [3.63, 3.8) is 0 Å². The third-order valence-electron chi connectivity index (χ3n) is 5.77. The molecule has 1 amide bonds. The highest BCUT2D eigenvalue weighted by molar-refractivity contribution is 7.19. The number of carbonyl (C=O) groups excluding carboxylic acids is 1. The first kappa shape index (κ1) is 24.8. The number of aromatic nitrogens is 2. The summed E-state index contributed by atoms with van der Waals surface area (Å²) in [5.41, 5.74) is 0. The van der Waals surface area contributed by atoms with Gasteiger partial charge >= 0.3 is 0 Å². The summed E-state index contributed by atoms with van der Waals surface area (Å²) >= 11 is 1.43. The van der Waals surface area contributed by atoms with Gasteiger partial charge in [0, 0.05) is 12.5 Å². The van der Waals surface area contributed by atoms with Gasteiger partial charge in [-0.05, 0) is 51.4 Å². The molecule has 0 unspecified atom stereocenters. The number of rotatable bonds is 18. The van der Waals surface area contributed by atoms with Gasteiger partial charge in [0.25, 0.3) is 0 Å². The van der Waals surface area contributed by atoms with Crippen LogP contribution in [-0.2, 0) is 4.79 Å². The number of anilines is 2. The summed E-state index contributed by atoms with van der Waals surface area (Å²) in [6.07, 6.45) is 25.5. The number of hydrogen-bond acceptors (Lipinski definition) is 5. The molecule has 1 aliphatic rings. The average molecular weight is 435 g/mol. The Morgan fingerprint density at radius 2 is 1.50 bits per heavy atom. The molecule has 1 fully saturated rings. The van der Waals surface area contributed by atoms with E-state index in [1.54, 1.807) is 0 Å². The Labute approximate surface area is 187 Å². The number of nitrogens with one attached hydrogen (secondary N) is 2. The maximum absolute atomic E-state index is 12.0. The molecule has 170 valence electrons. The lowest BCUT2D eigenvalue weighted by Crippen LogP contribution is -2.26. The molecule has 0 spiro atoms. The molecule has 0 bridgehead atoms. The molecule has 2 rings (SSSR count). The van der Waals surface area contributed by atoms with Gasteiger partial charge in [-0.25, -0.2) is 0 Å². The molecule has 0 saturated heterocycles. The topological polar surface area (TPSA) is 66.9 Å². The molecule has 1 saturated carbocycles. The summed E-state index contributed by atoms with van der Waals surface area (Å²) in [5.74, 6) is 0.0546. The van der Waals surface area contributed by atoms with Gasteiger partial charge in [0.2, 0.25) is 16.2 Å². The fourth-order valence-corrected chi connectivity index (χ4v) is 4.33. The predicted molar refractivity (Wildman–Crippen MR) is 129 cm³/mol. The number of nitrogens with zero attached hydrogens (tertiary/aromatic N) is 2. The van der Waals surface area contributed by atoms with Crippen LogP contribution in [0.1, 0.15) is 116 Å². The Bertz CT molecular complexity index is 598. The molecule has 0 atom stereocenters. The van der Waals surface area contributed by atoms with Crippen LogP contribution in [0.3, 0.4) is 0 Å². The Balaban J connectivity index is 1.36. The molecule has 5 nitrogen and oxygen atoms in total. The van der Waals surface area contributed by atoms with Crippen molar-refractivity contribution in [1.29, 1.82) is 0 Å². The van der Waals surface area contributed by atoms with Crippen molar-refractivity contribution in [3.05, 3.63) is 12.2 Å². The van der Waals surface area contributed by atoms with Crippen LogP contribution in [0.2, 0.25) is 0 Å². The lowest BCUT2D eigenvalue weighted by atomic mass is 9.93. The van der Waals surface area contributed by atoms with Crippen molar-refractivity contribution in [2.75, 3.05) is 10.6 Å². The molecule has 0 radical (unpaired) electrons. The summed E-state index contributed by atoms with van der Waals surface area (Å²) in [7, 11) is 0. The number of carbonyl (C=O) groups is 1. The largest absolute Gasteiger partial charge is 0.357 e. The summed E-state index contributed by atoms with van der Waals surface area (Å²) < 4.78 is 0. The van der Waals surface area contributed by atoms with Crippen LogP contribution in [-0.4, -0.2) is 22.1 Å². The number of unbranched alkanes of at least 4 members (excludes halogenated alkanes) is 11. The van der Waals surface area contributed by atoms with E-state index in [4.69, 9.17) is 0 Å². The minimum Gasteiger partial charge on any atom is -0.357 e. The lowest BCUT2D eigenvalue weighted by molar-refractivity contribution is -0.116. The monoisotopic (exact) mass is 434 g/mol. The van der Waals surface area contributed by atoms with Crippen LogP contribution in [0.25, 0.3) is 0 Å². The van der Waals surface area contributed by atoms with E-state index >= 15 is 0 Å². The highest BCUT2D eigenvalue weighted by Crippen LogP contribution is 2.26. The van der Waals surface area contributed by atoms with Crippen molar-refractivity contribution in [2.45, 2.75) is 122 Å². The van der Waals surface area contributed by atoms with E-state index in [1.807, 2.05) is 0 Å². The van der Waals surface area contributed by atoms with Gasteiger partial charge in [-0.3, -0.25) is 4.79 Å². The minimum absolute atomic E-state index is 0.0546. The molecule has 1 aromatic rings. The van der Waals surface area contributed by atoms with Crippen LogP contribution < -0.4 is 10.6 Å². The van der Waals surface area contributed by atoms with Crippen LogP contribution in [0.15, 0.2) is 12.2 Å². The van der Waals surface area contributed by atoms with E-state index in [1.165, 1.54) is 101 Å².